The lowest BCUT2D eigenvalue weighted by atomic mass is 10.1. The molecular formula is C15H14F3N3O3. The van der Waals surface area contributed by atoms with Crippen molar-refractivity contribution in [1.82, 2.24) is 4.98 Å². The van der Waals surface area contributed by atoms with Crippen LogP contribution >= 0.6 is 0 Å². The zero-order valence-electron chi connectivity index (χ0n) is 12.8. The second-order valence-corrected chi connectivity index (χ2v) is 4.99. The molecule has 24 heavy (non-hydrogen) atoms. The Morgan fingerprint density at radius 1 is 1.29 bits per heavy atom. The fourth-order valence-corrected chi connectivity index (χ4v) is 2.01. The monoisotopic (exact) mass is 341 g/mol. The fraction of sp³-hybridized carbons (Fsp3) is 0.267. The van der Waals surface area contributed by atoms with E-state index in [1.54, 1.807) is 13.8 Å². The highest BCUT2D eigenvalue weighted by Gasteiger charge is 2.32. The van der Waals surface area contributed by atoms with Gasteiger partial charge >= 0.3 is 6.18 Å². The van der Waals surface area contributed by atoms with E-state index < -0.39 is 23.6 Å². The Bertz CT molecular complexity index is 797. The summed E-state index contributed by atoms with van der Waals surface area (Å²) in [6.07, 6.45) is -4.23. The average molecular weight is 341 g/mol. The van der Waals surface area contributed by atoms with Crippen LogP contribution in [0.2, 0.25) is 0 Å². The van der Waals surface area contributed by atoms with Crippen LogP contribution in [0, 0.1) is 6.92 Å². The Labute approximate surface area is 134 Å². The van der Waals surface area contributed by atoms with E-state index in [2.05, 4.69) is 10.3 Å². The maximum Gasteiger partial charge on any atom is 0.416 e. The molecule has 0 spiro atoms. The lowest BCUT2D eigenvalue weighted by Gasteiger charge is -2.11. The van der Waals surface area contributed by atoms with Crippen LogP contribution in [0.5, 0.6) is 0 Å². The molecule has 128 valence electrons. The van der Waals surface area contributed by atoms with Crippen molar-refractivity contribution in [3.05, 3.63) is 46.7 Å². The average Bonchev–Trinajstić information content (AvgIpc) is 2.87. The summed E-state index contributed by atoms with van der Waals surface area (Å²) in [5.74, 6) is -1.58. The van der Waals surface area contributed by atoms with Gasteiger partial charge in [0.2, 0.25) is 11.7 Å². The molecule has 2 rings (SSSR count). The normalized spacial score (nSPS) is 11.4. The first-order valence-electron chi connectivity index (χ1n) is 6.91. The Morgan fingerprint density at radius 3 is 2.46 bits per heavy atom. The van der Waals surface area contributed by atoms with Gasteiger partial charge in [-0.15, -0.1) is 0 Å². The van der Waals surface area contributed by atoms with E-state index in [0.717, 1.165) is 6.07 Å². The molecule has 2 amide bonds. The summed E-state index contributed by atoms with van der Waals surface area (Å²) >= 11 is 0. The molecule has 0 radical (unpaired) electrons. The maximum absolute atomic E-state index is 12.9. The number of aromatic nitrogens is 1. The zero-order chi connectivity index (χ0) is 18.1. The van der Waals surface area contributed by atoms with Crippen LogP contribution in [0.1, 0.15) is 45.0 Å². The van der Waals surface area contributed by atoms with Crippen LogP contribution in [0.15, 0.2) is 22.6 Å². The number of oxazole rings is 1. The number of halogens is 3. The van der Waals surface area contributed by atoms with E-state index >= 15 is 0 Å². The standard InChI is InChI=1S/C15H14F3N3O3/c1-3-11-20-7(2)12(24-11)14(23)21-10-5-8(13(19)22)4-9(6-10)15(16,17)18/h4-6H,3H2,1-2H3,(H2,19,22)(H,21,23). The number of amides is 2. The summed E-state index contributed by atoms with van der Waals surface area (Å²) < 4.78 is 43.9. The van der Waals surface area contributed by atoms with Crippen molar-refractivity contribution < 1.29 is 27.2 Å². The number of rotatable bonds is 4. The van der Waals surface area contributed by atoms with E-state index in [9.17, 15) is 22.8 Å². The number of primary amides is 1. The van der Waals surface area contributed by atoms with Gasteiger partial charge in [-0.2, -0.15) is 13.2 Å². The van der Waals surface area contributed by atoms with Crippen LogP contribution in [0.3, 0.4) is 0 Å². The number of anilines is 1. The number of carbonyl (C=O) groups is 2. The molecule has 0 atom stereocenters. The highest BCUT2D eigenvalue weighted by Crippen LogP contribution is 2.32. The van der Waals surface area contributed by atoms with Crippen molar-refractivity contribution in [2.75, 3.05) is 5.32 Å². The number of nitrogens with zero attached hydrogens (tertiary/aromatic N) is 1. The fourth-order valence-electron chi connectivity index (χ4n) is 2.01. The predicted molar refractivity (Wildman–Crippen MR) is 78.5 cm³/mol. The Balaban J connectivity index is 2.37. The van der Waals surface area contributed by atoms with E-state index in [1.165, 1.54) is 0 Å². The number of hydrogen-bond donors (Lipinski definition) is 2. The molecule has 0 fully saturated rings. The van der Waals surface area contributed by atoms with Gasteiger partial charge in [0.15, 0.2) is 5.89 Å². The molecule has 2 aromatic rings. The van der Waals surface area contributed by atoms with Gasteiger partial charge < -0.3 is 15.5 Å². The largest absolute Gasteiger partial charge is 0.435 e. The molecule has 9 heteroatoms. The van der Waals surface area contributed by atoms with Gasteiger partial charge in [0.05, 0.1) is 11.3 Å². The number of nitrogens with one attached hydrogen (secondary N) is 1. The number of alkyl halides is 3. The van der Waals surface area contributed by atoms with Gasteiger partial charge in [-0.05, 0) is 25.1 Å². The third-order valence-corrected chi connectivity index (χ3v) is 3.15. The van der Waals surface area contributed by atoms with Crippen LogP contribution in [-0.2, 0) is 12.6 Å². The summed E-state index contributed by atoms with van der Waals surface area (Å²) in [7, 11) is 0. The SMILES string of the molecule is CCc1nc(C)c(C(=O)Nc2cc(C(N)=O)cc(C(F)(F)F)c2)o1. The van der Waals surface area contributed by atoms with E-state index in [1.807, 2.05) is 0 Å². The van der Waals surface area contributed by atoms with Gasteiger partial charge in [-0.3, -0.25) is 9.59 Å². The van der Waals surface area contributed by atoms with E-state index in [0.29, 0.717) is 30.1 Å². The molecule has 1 aromatic heterocycles. The second-order valence-electron chi connectivity index (χ2n) is 4.99. The molecule has 0 saturated carbocycles. The molecule has 0 aliphatic carbocycles. The Morgan fingerprint density at radius 2 is 1.96 bits per heavy atom. The molecule has 0 unspecified atom stereocenters. The van der Waals surface area contributed by atoms with Crippen molar-refractivity contribution in [2.45, 2.75) is 26.4 Å². The number of nitrogens with two attached hydrogens (primary N) is 1. The van der Waals surface area contributed by atoms with Crippen LogP contribution < -0.4 is 11.1 Å². The molecule has 1 heterocycles. The van der Waals surface area contributed by atoms with Crippen molar-refractivity contribution in [3.8, 4) is 0 Å². The lowest BCUT2D eigenvalue weighted by Crippen LogP contribution is -2.17. The minimum absolute atomic E-state index is 0.107. The number of carbonyl (C=O) groups excluding carboxylic acids is 2. The first-order chi connectivity index (χ1) is 11.1. The van der Waals surface area contributed by atoms with Crippen molar-refractivity contribution in [1.29, 1.82) is 0 Å². The Kier molecular flexibility index (Phi) is 4.63. The third kappa shape index (κ3) is 3.73. The molecule has 3 N–H and O–H groups in total. The van der Waals surface area contributed by atoms with Gasteiger partial charge in [-0.1, -0.05) is 6.92 Å². The van der Waals surface area contributed by atoms with Crippen molar-refractivity contribution in [3.63, 3.8) is 0 Å². The third-order valence-electron chi connectivity index (χ3n) is 3.15. The van der Waals surface area contributed by atoms with Crippen LogP contribution in [0.4, 0.5) is 18.9 Å². The quantitative estimate of drug-likeness (QED) is 0.893. The minimum Gasteiger partial charge on any atom is -0.435 e. The molecule has 0 aliphatic rings. The zero-order valence-corrected chi connectivity index (χ0v) is 12.8. The highest BCUT2D eigenvalue weighted by atomic mass is 19.4. The molecule has 1 aromatic carbocycles. The smallest absolute Gasteiger partial charge is 0.416 e. The molecular weight excluding hydrogens is 327 g/mol. The Hall–Kier alpha value is -2.84. The predicted octanol–water partition coefficient (Wildman–Crippen LogP) is 2.92. The van der Waals surface area contributed by atoms with Crippen LogP contribution in [-0.4, -0.2) is 16.8 Å². The molecule has 0 saturated heterocycles. The topological polar surface area (TPSA) is 98.2 Å². The van der Waals surface area contributed by atoms with Crippen molar-refractivity contribution in [2.24, 2.45) is 5.73 Å². The summed E-state index contributed by atoms with van der Waals surface area (Å²) in [6.45, 7) is 3.32. The molecule has 6 nitrogen and oxygen atoms in total. The van der Waals surface area contributed by atoms with Crippen molar-refractivity contribution >= 4 is 17.5 Å². The number of hydrogen-bond acceptors (Lipinski definition) is 4. The first-order valence-corrected chi connectivity index (χ1v) is 6.91. The summed E-state index contributed by atoms with van der Waals surface area (Å²) in [5, 5.41) is 2.26. The first kappa shape index (κ1) is 17.5. The van der Waals surface area contributed by atoms with E-state index in [-0.39, 0.29) is 17.0 Å². The summed E-state index contributed by atoms with van der Waals surface area (Å²) in [5.41, 5.74) is 3.65. The second kappa shape index (κ2) is 6.34. The number of aryl methyl sites for hydroxylation is 2. The lowest BCUT2D eigenvalue weighted by molar-refractivity contribution is -0.137. The molecule has 0 bridgehead atoms. The minimum atomic E-state index is -4.69. The summed E-state index contributed by atoms with van der Waals surface area (Å²) in [6, 6.07) is 2.38. The van der Waals surface area contributed by atoms with E-state index in [4.69, 9.17) is 10.2 Å². The van der Waals surface area contributed by atoms with Gasteiger partial charge in [-0.25, -0.2) is 4.98 Å². The molecule has 0 aliphatic heterocycles. The summed E-state index contributed by atoms with van der Waals surface area (Å²) in [4.78, 5) is 27.4. The number of benzene rings is 1. The maximum atomic E-state index is 12.9. The van der Waals surface area contributed by atoms with Gasteiger partial charge in [0.25, 0.3) is 5.91 Å². The van der Waals surface area contributed by atoms with Gasteiger partial charge in [0, 0.05) is 17.7 Å². The highest BCUT2D eigenvalue weighted by molar-refractivity contribution is 6.04. The van der Waals surface area contributed by atoms with Crippen LogP contribution in [0.25, 0.3) is 0 Å². The van der Waals surface area contributed by atoms with Gasteiger partial charge in [0.1, 0.15) is 0 Å².